The van der Waals surface area contributed by atoms with Crippen LogP contribution in [0.25, 0.3) is 10.2 Å². The van der Waals surface area contributed by atoms with E-state index in [0.29, 0.717) is 0 Å². The van der Waals surface area contributed by atoms with Crippen LogP contribution in [0.4, 0.5) is 5.82 Å². The van der Waals surface area contributed by atoms with Crippen molar-refractivity contribution in [3.05, 3.63) is 47.9 Å². The summed E-state index contributed by atoms with van der Waals surface area (Å²) in [6, 6.07) is 8.02. The second-order valence-corrected chi connectivity index (χ2v) is 4.89. The summed E-state index contributed by atoms with van der Waals surface area (Å²) in [5.74, 6) is 0.869. The molecule has 0 unspecified atom stereocenters. The smallest absolute Gasteiger partial charge is 0.147 e. The Hall–Kier alpha value is -2.01. The molecule has 0 amide bonds. The molecule has 0 fully saturated rings. The third kappa shape index (κ3) is 2.04. The van der Waals surface area contributed by atoms with Gasteiger partial charge >= 0.3 is 0 Å². The molecule has 0 aliphatic heterocycles. The Balaban J connectivity index is 1.91. The standard InChI is InChI=1S/C13H12N4S/c1-9(10-4-2-3-6-14-10)17-13-12-11(5-7-18-12)15-8-16-13/h2-9H,1H3,(H,15,16,17)/t9-/m1/s1. The number of pyridine rings is 1. The first-order chi connectivity index (χ1) is 8.84. The number of anilines is 1. The van der Waals surface area contributed by atoms with Gasteiger partial charge in [0, 0.05) is 6.20 Å². The van der Waals surface area contributed by atoms with Crippen LogP contribution in [-0.4, -0.2) is 15.0 Å². The quantitative estimate of drug-likeness (QED) is 0.781. The van der Waals surface area contributed by atoms with Crippen molar-refractivity contribution in [1.82, 2.24) is 15.0 Å². The van der Waals surface area contributed by atoms with Gasteiger partial charge in [0.15, 0.2) is 0 Å². The molecule has 4 nitrogen and oxygen atoms in total. The number of rotatable bonds is 3. The van der Waals surface area contributed by atoms with Crippen molar-refractivity contribution in [1.29, 1.82) is 0 Å². The average molecular weight is 256 g/mol. The van der Waals surface area contributed by atoms with Crippen molar-refractivity contribution in [3.63, 3.8) is 0 Å². The molecule has 0 radical (unpaired) electrons. The molecule has 5 heteroatoms. The van der Waals surface area contributed by atoms with Crippen molar-refractivity contribution in [2.24, 2.45) is 0 Å². The zero-order chi connectivity index (χ0) is 12.4. The summed E-state index contributed by atoms with van der Waals surface area (Å²) in [5, 5.41) is 5.41. The van der Waals surface area contributed by atoms with E-state index >= 15 is 0 Å². The number of hydrogen-bond donors (Lipinski definition) is 1. The molecule has 3 rings (SSSR count). The summed E-state index contributed by atoms with van der Waals surface area (Å²) in [4.78, 5) is 12.9. The largest absolute Gasteiger partial charge is 0.361 e. The predicted octanol–water partition coefficient (Wildman–Crippen LogP) is 3.26. The molecular formula is C13H12N4S. The minimum absolute atomic E-state index is 0.117. The maximum absolute atomic E-state index is 4.34. The molecule has 0 aliphatic rings. The fourth-order valence-electron chi connectivity index (χ4n) is 1.80. The molecule has 0 bridgehead atoms. The Morgan fingerprint density at radius 1 is 1.17 bits per heavy atom. The number of nitrogens with one attached hydrogen (secondary N) is 1. The van der Waals surface area contributed by atoms with Crippen LogP contribution in [0.3, 0.4) is 0 Å². The van der Waals surface area contributed by atoms with Gasteiger partial charge in [-0.15, -0.1) is 11.3 Å². The van der Waals surface area contributed by atoms with Crippen LogP contribution < -0.4 is 5.32 Å². The minimum Gasteiger partial charge on any atom is -0.361 e. The van der Waals surface area contributed by atoms with E-state index in [-0.39, 0.29) is 6.04 Å². The maximum atomic E-state index is 4.34. The Morgan fingerprint density at radius 3 is 2.94 bits per heavy atom. The van der Waals surface area contributed by atoms with Gasteiger partial charge in [0.1, 0.15) is 12.1 Å². The van der Waals surface area contributed by atoms with E-state index in [2.05, 4.69) is 27.2 Å². The molecule has 18 heavy (non-hydrogen) atoms. The van der Waals surface area contributed by atoms with E-state index in [0.717, 1.165) is 21.7 Å². The Labute approximate surface area is 109 Å². The monoisotopic (exact) mass is 256 g/mol. The van der Waals surface area contributed by atoms with E-state index < -0.39 is 0 Å². The van der Waals surface area contributed by atoms with Gasteiger partial charge in [-0.3, -0.25) is 4.98 Å². The maximum Gasteiger partial charge on any atom is 0.147 e. The molecule has 0 aliphatic carbocycles. The second-order valence-electron chi connectivity index (χ2n) is 3.98. The number of hydrogen-bond acceptors (Lipinski definition) is 5. The summed E-state index contributed by atoms with van der Waals surface area (Å²) >= 11 is 1.64. The lowest BCUT2D eigenvalue weighted by Gasteiger charge is -2.13. The van der Waals surface area contributed by atoms with E-state index in [1.54, 1.807) is 23.9 Å². The average Bonchev–Trinajstić information content (AvgIpc) is 2.89. The van der Waals surface area contributed by atoms with Gasteiger partial charge in [-0.1, -0.05) is 6.07 Å². The molecule has 3 aromatic heterocycles. The van der Waals surface area contributed by atoms with Gasteiger partial charge in [-0.05, 0) is 30.5 Å². The van der Waals surface area contributed by atoms with Gasteiger partial charge < -0.3 is 5.32 Å². The first-order valence-electron chi connectivity index (χ1n) is 5.70. The van der Waals surface area contributed by atoms with Crippen LogP contribution >= 0.6 is 11.3 Å². The zero-order valence-corrected chi connectivity index (χ0v) is 10.7. The Bertz CT molecular complexity index is 650. The van der Waals surface area contributed by atoms with Crippen molar-refractivity contribution in [2.75, 3.05) is 5.32 Å². The zero-order valence-electron chi connectivity index (χ0n) is 9.87. The van der Waals surface area contributed by atoms with E-state index in [1.165, 1.54) is 0 Å². The van der Waals surface area contributed by atoms with Crippen molar-refractivity contribution < 1.29 is 0 Å². The van der Waals surface area contributed by atoms with Crippen molar-refractivity contribution in [2.45, 2.75) is 13.0 Å². The third-order valence-corrected chi connectivity index (χ3v) is 3.64. The molecule has 1 atom stereocenters. The van der Waals surface area contributed by atoms with Gasteiger partial charge in [0.25, 0.3) is 0 Å². The summed E-state index contributed by atoms with van der Waals surface area (Å²) < 4.78 is 1.08. The number of aromatic nitrogens is 3. The Morgan fingerprint density at radius 2 is 2.11 bits per heavy atom. The molecule has 0 saturated heterocycles. The molecule has 1 N–H and O–H groups in total. The number of thiophene rings is 1. The predicted molar refractivity (Wildman–Crippen MR) is 73.7 cm³/mol. The second kappa shape index (κ2) is 4.70. The van der Waals surface area contributed by atoms with Gasteiger partial charge in [0.2, 0.25) is 0 Å². The molecule has 3 heterocycles. The summed E-state index contributed by atoms with van der Waals surface area (Å²) in [6.07, 6.45) is 3.39. The van der Waals surface area contributed by atoms with Gasteiger partial charge in [-0.25, -0.2) is 9.97 Å². The van der Waals surface area contributed by atoms with Crippen LogP contribution in [0.15, 0.2) is 42.2 Å². The van der Waals surface area contributed by atoms with Crippen LogP contribution in [0.1, 0.15) is 18.7 Å². The topological polar surface area (TPSA) is 50.7 Å². The van der Waals surface area contributed by atoms with Crippen molar-refractivity contribution >= 4 is 27.4 Å². The first-order valence-corrected chi connectivity index (χ1v) is 6.58. The molecule has 0 aromatic carbocycles. The van der Waals surface area contributed by atoms with Crippen LogP contribution in [0, 0.1) is 0 Å². The fraction of sp³-hybridized carbons (Fsp3) is 0.154. The van der Waals surface area contributed by atoms with Crippen molar-refractivity contribution in [3.8, 4) is 0 Å². The highest BCUT2D eigenvalue weighted by atomic mass is 32.1. The summed E-state index contributed by atoms with van der Waals surface area (Å²) in [6.45, 7) is 2.07. The molecule has 3 aromatic rings. The molecule has 0 spiro atoms. The highest BCUT2D eigenvalue weighted by molar-refractivity contribution is 7.17. The first kappa shape index (κ1) is 11.1. The SMILES string of the molecule is C[C@@H](Nc1ncnc2ccsc12)c1ccccn1. The van der Waals surface area contributed by atoms with E-state index in [1.807, 2.05) is 29.6 Å². The summed E-state index contributed by atoms with van der Waals surface area (Å²) in [5.41, 5.74) is 1.98. The molecular weight excluding hydrogens is 244 g/mol. The minimum atomic E-state index is 0.117. The van der Waals surface area contributed by atoms with Gasteiger partial charge in [0.05, 0.1) is 22.0 Å². The highest BCUT2D eigenvalue weighted by Gasteiger charge is 2.10. The molecule has 0 saturated carbocycles. The lowest BCUT2D eigenvalue weighted by atomic mass is 10.2. The van der Waals surface area contributed by atoms with Gasteiger partial charge in [-0.2, -0.15) is 0 Å². The summed E-state index contributed by atoms with van der Waals surface area (Å²) in [7, 11) is 0. The Kier molecular flexibility index (Phi) is 2.90. The number of fused-ring (bicyclic) bond motifs is 1. The highest BCUT2D eigenvalue weighted by Crippen LogP contribution is 2.27. The van der Waals surface area contributed by atoms with Crippen LogP contribution in [0.5, 0.6) is 0 Å². The van der Waals surface area contributed by atoms with E-state index in [9.17, 15) is 0 Å². The fourth-order valence-corrected chi connectivity index (χ4v) is 2.60. The normalized spacial score (nSPS) is 12.5. The van der Waals surface area contributed by atoms with Crippen LogP contribution in [0.2, 0.25) is 0 Å². The third-order valence-electron chi connectivity index (χ3n) is 2.73. The van der Waals surface area contributed by atoms with E-state index in [4.69, 9.17) is 0 Å². The van der Waals surface area contributed by atoms with Crippen LogP contribution in [-0.2, 0) is 0 Å². The molecule has 90 valence electrons. The number of nitrogens with zero attached hydrogens (tertiary/aromatic N) is 3. The lowest BCUT2D eigenvalue weighted by Crippen LogP contribution is -2.09. The lowest BCUT2D eigenvalue weighted by molar-refractivity contribution is 0.833.